The number of hydrogen-bond acceptors (Lipinski definition) is 10. The number of nitrogens with zero attached hydrogens (tertiary/aromatic N) is 6. The molecule has 14 nitrogen and oxygen atoms in total. The molecule has 2 aromatic heterocycles. The number of aromatic nitrogens is 4. The number of fused-ring (bicyclic) bond motifs is 2. The molecular formula is C26H22N8O6. The molecule has 0 saturated heterocycles. The zero-order valence-corrected chi connectivity index (χ0v) is 21.8. The average molecular weight is 543 g/mol. The van der Waals surface area contributed by atoms with Crippen molar-refractivity contribution in [2.75, 3.05) is 0 Å². The first kappa shape index (κ1) is 25.9. The van der Waals surface area contributed by atoms with Crippen LogP contribution in [0.15, 0.2) is 66.4 Å². The topological polar surface area (TPSA) is 206 Å². The van der Waals surface area contributed by atoms with Gasteiger partial charge in [-0.3, -0.25) is 27.9 Å². The number of rotatable bonds is 2. The summed E-state index contributed by atoms with van der Waals surface area (Å²) in [6.45, 7) is 0. The van der Waals surface area contributed by atoms with Gasteiger partial charge in [0.2, 0.25) is 23.5 Å². The van der Waals surface area contributed by atoms with Gasteiger partial charge in [-0.1, -0.05) is 24.3 Å². The Labute approximate surface area is 225 Å². The summed E-state index contributed by atoms with van der Waals surface area (Å²) in [5.41, 5.74) is 10.1. The lowest BCUT2D eigenvalue weighted by Crippen LogP contribution is -2.43. The van der Waals surface area contributed by atoms with Gasteiger partial charge in [0.1, 0.15) is 23.3 Å². The van der Waals surface area contributed by atoms with Gasteiger partial charge in [0.15, 0.2) is 0 Å². The Kier molecular flexibility index (Phi) is 5.77. The predicted molar refractivity (Wildman–Crippen MR) is 139 cm³/mol. The fourth-order valence-corrected chi connectivity index (χ4v) is 5.16. The number of ether oxygens (including phenoxy) is 2. The van der Waals surface area contributed by atoms with E-state index >= 15 is 0 Å². The fourth-order valence-electron chi connectivity index (χ4n) is 5.16. The van der Waals surface area contributed by atoms with Crippen LogP contribution in [0.1, 0.15) is 34.1 Å². The van der Waals surface area contributed by atoms with Gasteiger partial charge < -0.3 is 20.9 Å². The molecule has 4 N–H and O–H groups in total. The molecule has 1 aromatic carbocycles. The van der Waals surface area contributed by atoms with Crippen LogP contribution in [0.5, 0.6) is 11.8 Å². The SMILES string of the molecule is Cn1c2c(c(=O)n(C)c1=O)C(c1cccc(C3C(C#N)=C(N)Oc4c3c(=O)n(C)c(=O)n4C)c1)C(C#N)=C(N)O2. The maximum atomic E-state index is 13.3. The third kappa shape index (κ3) is 3.40. The molecule has 4 heterocycles. The monoisotopic (exact) mass is 542 g/mol. The van der Waals surface area contributed by atoms with Gasteiger partial charge in [-0.05, 0) is 11.1 Å². The van der Waals surface area contributed by atoms with Crippen molar-refractivity contribution in [3.05, 3.63) is 111 Å². The molecule has 2 unspecified atom stereocenters. The van der Waals surface area contributed by atoms with Crippen LogP contribution in [0.25, 0.3) is 0 Å². The van der Waals surface area contributed by atoms with Crippen molar-refractivity contribution in [1.82, 2.24) is 18.3 Å². The van der Waals surface area contributed by atoms with Crippen molar-refractivity contribution >= 4 is 0 Å². The summed E-state index contributed by atoms with van der Waals surface area (Å²) < 4.78 is 15.1. The first-order chi connectivity index (χ1) is 18.9. The van der Waals surface area contributed by atoms with Gasteiger partial charge in [0.25, 0.3) is 11.1 Å². The highest BCUT2D eigenvalue weighted by molar-refractivity contribution is 5.57. The number of benzene rings is 1. The molecule has 2 aliphatic heterocycles. The standard InChI is InChI=1S/C26H22N8O6/c1-31-21(35)17-15(13(9-27)19(29)39-23(17)33(3)25(31)37)11-6-5-7-12(8-11)16-14(10-28)20(30)40-24-18(16)22(36)32(2)26(38)34(24)4/h5-8,15-16H,29-30H2,1-4H3. The lowest BCUT2D eigenvalue weighted by Gasteiger charge is -2.29. The molecule has 0 bridgehead atoms. The zero-order valence-electron chi connectivity index (χ0n) is 21.8. The highest BCUT2D eigenvalue weighted by Crippen LogP contribution is 2.43. The summed E-state index contributed by atoms with van der Waals surface area (Å²) in [4.78, 5) is 51.8. The normalized spacial score (nSPS) is 17.8. The second-order valence-corrected chi connectivity index (χ2v) is 9.37. The van der Waals surface area contributed by atoms with E-state index in [-0.39, 0.29) is 45.8 Å². The Balaban J connectivity index is 1.82. The minimum atomic E-state index is -1.05. The summed E-state index contributed by atoms with van der Waals surface area (Å²) >= 11 is 0. The molecule has 2 aliphatic rings. The van der Waals surface area contributed by atoms with Crippen molar-refractivity contribution in [2.24, 2.45) is 39.7 Å². The molecule has 0 radical (unpaired) electrons. The van der Waals surface area contributed by atoms with Crippen LogP contribution in [0.3, 0.4) is 0 Å². The first-order valence-corrected chi connectivity index (χ1v) is 11.8. The molecule has 0 aliphatic carbocycles. The van der Waals surface area contributed by atoms with E-state index in [2.05, 4.69) is 0 Å². The molecule has 14 heteroatoms. The number of hydrogen-bond donors (Lipinski definition) is 2. The molecular weight excluding hydrogens is 520 g/mol. The van der Waals surface area contributed by atoms with Crippen molar-refractivity contribution in [3.8, 4) is 23.9 Å². The first-order valence-electron chi connectivity index (χ1n) is 11.8. The summed E-state index contributed by atoms with van der Waals surface area (Å²) in [5, 5.41) is 20.0. The molecule has 0 fully saturated rings. The Morgan fingerprint density at radius 2 is 1.07 bits per heavy atom. The van der Waals surface area contributed by atoms with Crippen molar-refractivity contribution in [3.63, 3.8) is 0 Å². The second kappa shape index (κ2) is 8.92. The van der Waals surface area contributed by atoms with E-state index in [9.17, 15) is 29.7 Å². The second-order valence-electron chi connectivity index (χ2n) is 9.37. The third-order valence-corrected chi connectivity index (χ3v) is 7.21. The molecule has 2 atom stereocenters. The summed E-state index contributed by atoms with van der Waals surface area (Å²) in [7, 11) is 5.42. The van der Waals surface area contributed by atoms with E-state index in [1.807, 2.05) is 12.1 Å². The lowest BCUT2D eigenvalue weighted by atomic mass is 9.80. The van der Waals surface area contributed by atoms with Gasteiger partial charge in [0, 0.05) is 28.2 Å². The summed E-state index contributed by atoms with van der Waals surface area (Å²) in [5.74, 6) is -2.88. The molecule has 5 rings (SSSR count). The summed E-state index contributed by atoms with van der Waals surface area (Å²) in [6.07, 6.45) is 0. The molecule has 3 aromatic rings. The van der Waals surface area contributed by atoms with E-state index < -0.39 is 34.3 Å². The Morgan fingerprint density at radius 1 is 0.700 bits per heavy atom. The van der Waals surface area contributed by atoms with Crippen LogP contribution in [0.2, 0.25) is 0 Å². The smallest absolute Gasteiger partial charge is 0.333 e. The molecule has 0 saturated carbocycles. The maximum Gasteiger partial charge on any atom is 0.333 e. The van der Waals surface area contributed by atoms with Crippen LogP contribution < -0.4 is 43.4 Å². The number of allylic oxidation sites excluding steroid dienone is 2. The van der Waals surface area contributed by atoms with E-state index in [0.717, 1.165) is 18.3 Å². The van der Waals surface area contributed by atoms with Gasteiger partial charge in [-0.25, -0.2) is 9.59 Å². The van der Waals surface area contributed by atoms with Crippen molar-refractivity contribution in [2.45, 2.75) is 11.8 Å². The molecule has 202 valence electrons. The highest BCUT2D eigenvalue weighted by Gasteiger charge is 2.39. The Morgan fingerprint density at radius 3 is 1.43 bits per heavy atom. The maximum absolute atomic E-state index is 13.3. The van der Waals surface area contributed by atoms with Crippen LogP contribution in [-0.2, 0) is 28.2 Å². The lowest BCUT2D eigenvalue weighted by molar-refractivity contribution is 0.348. The number of nitriles is 2. The van der Waals surface area contributed by atoms with Crippen LogP contribution in [-0.4, -0.2) is 18.3 Å². The minimum Gasteiger partial charge on any atom is -0.423 e. The summed E-state index contributed by atoms with van der Waals surface area (Å²) in [6, 6.07) is 10.5. The van der Waals surface area contributed by atoms with Gasteiger partial charge in [0.05, 0.1) is 23.0 Å². The van der Waals surface area contributed by atoms with Crippen LogP contribution in [0.4, 0.5) is 0 Å². The third-order valence-electron chi connectivity index (χ3n) is 7.21. The highest BCUT2D eigenvalue weighted by atomic mass is 16.5. The fraction of sp³-hybridized carbons (Fsp3) is 0.231. The van der Waals surface area contributed by atoms with Crippen molar-refractivity contribution in [1.29, 1.82) is 10.5 Å². The minimum absolute atomic E-state index is 0.00810. The Hall–Kier alpha value is -5.76. The van der Waals surface area contributed by atoms with Crippen LogP contribution >= 0.6 is 0 Å². The van der Waals surface area contributed by atoms with E-state index in [1.165, 1.54) is 28.2 Å². The van der Waals surface area contributed by atoms with Gasteiger partial charge >= 0.3 is 11.4 Å². The molecule has 0 amide bonds. The zero-order chi connectivity index (χ0) is 29.2. The predicted octanol–water partition coefficient (Wildman–Crippen LogP) is -1.08. The van der Waals surface area contributed by atoms with E-state index in [0.29, 0.717) is 11.1 Å². The largest absolute Gasteiger partial charge is 0.423 e. The van der Waals surface area contributed by atoms with Crippen molar-refractivity contribution < 1.29 is 9.47 Å². The van der Waals surface area contributed by atoms with Gasteiger partial charge in [-0.2, -0.15) is 10.5 Å². The molecule has 0 spiro atoms. The van der Waals surface area contributed by atoms with Crippen LogP contribution in [0, 0.1) is 22.7 Å². The Bertz CT molecular complexity index is 1900. The van der Waals surface area contributed by atoms with E-state index in [1.54, 1.807) is 24.3 Å². The van der Waals surface area contributed by atoms with Gasteiger partial charge in [-0.15, -0.1) is 0 Å². The quantitative estimate of drug-likeness (QED) is 0.400. The average Bonchev–Trinajstić information content (AvgIpc) is 2.95. The number of nitrogens with two attached hydrogens (primary N) is 2. The van der Waals surface area contributed by atoms with E-state index in [4.69, 9.17) is 20.9 Å². The molecule has 40 heavy (non-hydrogen) atoms.